The first-order valence-corrected chi connectivity index (χ1v) is 7.59. The zero-order valence-electron chi connectivity index (χ0n) is 10.7. The van der Waals surface area contributed by atoms with Crippen LogP contribution in [0.5, 0.6) is 5.75 Å². The molecule has 0 aromatic heterocycles. The first kappa shape index (κ1) is 14.4. The standard InChI is InChI=1S/C14H10Cl2N2O2S/c15-7-1-2-8(16)12(3-7)21-13-5-10-11(4-9(13)17)20-6-14(19)18-10/h1-5H,6,17H2,(H,18,19). The molecule has 3 rings (SSSR count). The predicted molar refractivity (Wildman–Crippen MR) is 85.6 cm³/mol. The van der Waals surface area contributed by atoms with Crippen molar-refractivity contribution in [2.75, 3.05) is 17.7 Å². The number of nitrogens with two attached hydrogens (primary N) is 1. The SMILES string of the molecule is Nc1cc2c(cc1Sc1cc(Cl)ccc1Cl)NC(=O)CO2. The number of hydrogen-bond donors (Lipinski definition) is 2. The summed E-state index contributed by atoms with van der Waals surface area (Å²) in [5.74, 6) is 0.373. The number of ether oxygens (including phenoxy) is 1. The number of rotatable bonds is 2. The van der Waals surface area contributed by atoms with Gasteiger partial charge in [-0.05, 0) is 24.3 Å². The van der Waals surface area contributed by atoms with Crippen LogP contribution in [-0.4, -0.2) is 12.5 Å². The molecule has 1 aliphatic heterocycles. The summed E-state index contributed by atoms with van der Waals surface area (Å²) in [4.78, 5) is 12.9. The molecule has 0 saturated carbocycles. The molecule has 0 radical (unpaired) electrons. The lowest BCUT2D eigenvalue weighted by Gasteiger charge is -2.19. The quantitative estimate of drug-likeness (QED) is 0.809. The van der Waals surface area contributed by atoms with Gasteiger partial charge in [-0.2, -0.15) is 0 Å². The molecular formula is C14H10Cl2N2O2S. The van der Waals surface area contributed by atoms with Gasteiger partial charge in [0.15, 0.2) is 6.61 Å². The minimum atomic E-state index is -0.191. The first-order chi connectivity index (χ1) is 10.0. The number of halogens is 2. The molecule has 0 atom stereocenters. The number of nitrogens with one attached hydrogen (secondary N) is 1. The van der Waals surface area contributed by atoms with Gasteiger partial charge in [0.25, 0.3) is 5.91 Å². The van der Waals surface area contributed by atoms with Crippen molar-refractivity contribution in [1.82, 2.24) is 0 Å². The molecule has 0 unspecified atom stereocenters. The summed E-state index contributed by atoms with van der Waals surface area (Å²) >= 11 is 13.5. The molecule has 0 saturated heterocycles. The molecule has 2 aromatic carbocycles. The summed E-state index contributed by atoms with van der Waals surface area (Å²) in [6.07, 6.45) is 0. The second-order valence-electron chi connectivity index (χ2n) is 4.40. The molecule has 7 heteroatoms. The number of carbonyl (C=O) groups is 1. The van der Waals surface area contributed by atoms with E-state index in [9.17, 15) is 4.79 Å². The van der Waals surface area contributed by atoms with Gasteiger partial charge in [0, 0.05) is 26.6 Å². The van der Waals surface area contributed by atoms with Crippen LogP contribution in [0.4, 0.5) is 11.4 Å². The molecule has 0 spiro atoms. The molecule has 1 amide bonds. The molecule has 0 bridgehead atoms. The van der Waals surface area contributed by atoms with E-state index >= 15 is 0 Å². The van der Waals surface area contributed by atoms with Gasteiger partial charge < -0.3 is 15.8 Å². The van der Waals surface area contributed by atoms with Gasteiger partial charge in [0.1, 0.15) is 5.75 Å². The molecular weight excluding hydrogens is 331 g/mol. The zero-order valence-corrected chi connectivity index (χ0v) is 13.0. The highest BCUT2D eigenvalue weighted by Gasteiger charge is 2.18. The summed E-state index contributed by atoms with van der Waals surface area (Å²) in [6.45, 7) is -0.000942. The summed E-state index contributed by atoms with van der Waals surface area (Å²) in [5.41, 5.74) is 7.17. The van der Waals surface area contributed by atoms with E-state index in [1.54, 1.807) is 30.3 Å². The topological polar surface area (TPSA) is 64.3 Å². The number of hydrogen-bond acceptors (Lipinski definition) is 4. The average Bonchev–Trinajstić information content (AvgIpc) is 2.44. The third-order valence-corrected chi connectivity index (χ3v) is 4.67. The van der Waals surface area contributed by atoms with Crippen LogP contribution in [0.25, 0.3) is 0 Å². The van der Waals surface area contributed by atoms with Gasteiger partial charge in [0.2, 0.25) is 0 Å². The highest BCUT2D eigenvalue weighted by atomic mass is 35.5. The smallest absolute Gasteiger partial charge is 0.262 e. The Balaban J connectivity index is 1.97. The van der Waals surface area contributed by atoms with Gasteiger partial charge >= 0.3 is 0 Å². The van der Waals surface area contributed by atoms with E-state index in [1.165, 1.54) is 11.8 Å². The highest BCUT2D eigenvalue weighted by molar-refractivity contribution is 7.99. The Kier molecular flexibility index (Phi) is 3.89. The lowest BCUT2D eigenvalue weighted by Crippen LogP contribution is -2.25. The van der Waals surface area contributed by atoms with E-state index in [0.717, 1.165) is 9.79 Å². The minimum absolute atomic E-state index is 0.000942. The number of nitrogen functional groups attached to an aromatic ring is 1. The summed E-state index contributed by atoms with van der Waals surface area (Å²) in [5, 5.41) is 3.93. The van der Waals surface area contributed by atoms with Crippen molar-refractivity contribution in [1.29, 1.82) is 0 Å². The molecule has 3 N–H and O–H groups in total. The van der Waals surface area contributed by atoms with Crippen molar-refractivity contribution in [2.45, 2.75) is 9.79 Å². The van der Waals surface area contributed by atoms with Crippen LogP contribution >= 0.6 is 35.0 Å². The normalized spacial score (nSPS) is 13.3. The van der Waals surface area contributed by atoms with Crippen molar-refractivity contribution in [3.05, 3.63) is 40.4 Å². The lowest BCUT2D eigenvalue weighted by molar-refractivity contribution is -0.118. The third-order valence-electron chi connectivity index (χ3n) is 2.86. The van der Waals surface area contributed by atoms with E-state index in [1.807, 2.05) is 0 Å². The highest BCUT2D eigenvalue weighted by Crippen LogP contribution is 2.42. The summed E-state index contributed by atoms with van der Waals surface area (Å²) < 4.78 is 5.32. The number of benzene rings is 2. The van der Waals surface area contributed by atoms with Crippen molar-refractivity contribution >= 4 is 52.2 Å². The van der Waals surface area contributed by atoms with Crippen LogP contribution < -0.4 is 15.8 Å². The van der Waals surface area contributed by atoms with E-state index in [4.69, 9.17) is 33.7 Å². The van der Waals surface area contributed by atoms with Crippen LogP contribution in [0.15, 0.2) is 40.1 Å². The predicted octanol–water partition coefficient (Wildman–Crippen LogP) is 4.06. The largest absolute Gasteiger partial charge is 0.482 e. The maximum absolute atomic E-state index is 11.4. The molecule has 0 aliphatic carbocycles. The van der Waals surface area contributed by atoms with Gasteiger partial charge in [-0.1, -0.05) is 35.0 Å². The number of amides is 1. The molecule has 21 heavy (non-hydrogen) atoms. The Morgan fingerprint density at radius 1 is 1.19 bits per heavy atom. The van der Waals surface area contributed by atoms with E-state index in [2.05, 4.69) is 5.32 Å². The fraction of sp³-hybridized carbons (Fsp3) is 0.0714. The number of carbonyl (C=O) groups excluding carboxylic acids is 1. The van der Waals surface area contributed by atoms with Crippen molar-refractivity contribution in [2.24, 2.45) is 0 Å². The average molecular weight is 341 g/mol. The fourth-order valence-corrected chi connectivity index (χ4v) is 3.30. The van der Waals surface area contributed by atoms with Crippen LogP contribution in [0.2, 0.25) is 10.0 Å². The molecule has 1 aliphatic rings. The second-order valence-corrected chi connectivity index (χ2v) is 6.33. The Morgan fingerprint density at radius 3 is 2.81 bits per heavy atom. The molecule has 0 fully saturated rings. The fourth-order valence-electron chi connectivity index (χ4n) is 1.88. The van der Waals surface area contributed by atoms with Gasteiger partial charge in [0.05, 0.1) is 10.7 Å². The van der Waals surface area contributed by atoms with E-state index < -0.39 is 0 Å². The van der Waals surface area contributed by atoms with Crippen molar-refractivity contribution < 1.29 is 9.53 Å². The second kappa shape index (κ2) is 5.67. The number of fused-ring (bicyclic) bond motifs is 1. The van der Waals surface area contributed by atoms with Crippen LogP contribution in [0.3, 0.4) is 0 Å². The van der Waals surface area contributed by atoms with Gasteiger partial charge in [-0.25, -0.2) is 0 Å². The Hall–Kier alpha value is -1.56. The summed E-state index contributed by atoms with van der Waals surface area (Å²) in [6, 6.07) is 8.67. The molecule has 1 heterocycles. The van der Waals surface area contributed by atoms with Crippen molar-refractivity contribution in [3.63, 3.8) is 0 Å². The lowest BCUT2D eigenvalue weighted by atomic mass is 10.2. The van der Waals surface area contributed by atoms with Gasteiger partial charge in [-0.3, -0.25) is 4.79 Å². The summed E-state index contributed by atoms with van der Waals surface area (Å²) in [7, 11) is 0. The maximum Gasteiger partial charge on any atom is 0.262 e. The third kappa shape index (κ3) is 3.05. The monoisotopic (exact) mass is 340 g/mol. The van der Waals surface area contributed by atoms with E-state index in [0.29, 0.717) is 27.2 Å². The molecule has 4 nitrogen and oxygen atoms in total. The van der Waals surface area contributed by atoms with Crippen molar-refractivity contribution in [3.8, 4) is 5.75 Å². The first-order valence-electron chi connectivity index (χ1n) is 6.02. The molecule has 2 aromatic rings. The Bertz CT molecular complexity index is 737. The van der Waals surface area contributed by atoms with Crippen LogP contribution in [0, 0.1) is 0 Å². The Labute approximate surface area is 135 Å². The van der Waals surface area contributed by atoms with E-state index in [-0.39, 0.29) is 12.5 Å². The minimum Gasteiger partial charge on any atom is -0.482 e. The van der Waals surface area contributed by atoms with Crippen LogP contribution in [0.1, 0.15) is 0 Å². The molecule has 108 valence electrons. The zero-order chi connectivity index (χ0) is 15.0. The Morgan fingerprint density at radius 2 is 2.00 bits per heavy atom. The van der Waals surface area contributed by atoms with Crippen LogP contribution in [-0.2, 0) is 4.79 Å². The maximum atomic E-state index is 11.4. The van der Waals surface area contributed by atoms with Gasteiger partial charge in [-0.15, -0.1) is 0 Å². The number of anilines is 2.